The molecule has 13 heavy (non-hydrogen) atoms. The number of phenolic OH excluding ortho intramolecular Hbond substituents is 1. The highest BCUT2D eigenvalue weighted by Gasteiger charge is 2.15. The maximum atomic E-state index is 13.1. The van der Waals surface area contributed by atoms with Crippen molar-refractivity contribution in [2.75, 3.05) is 7.11 Å². The van der Waals surface area contributed by atoms with Gasteiger partial charge in [0.2, 0.25) is 0 Å². The monoisotopic (exact) mass is 248 g/mol. The molecule has 0 unspecified atom stereocenters. The van der Waals surface area contributed by atoms with E-state index in [4.69, 9.17) is 0 Å². The SMILES string of the molecule is COc1c(F)cc(C=O)c(O)c1Br. The Kier molecular flexibility index (Phi) is 2.87. The number of halogens is 2. The molecule has 0 atom stereocenters. The summed E-state index contributed by atoms with van der Waals surface area (Å²) in [6.45, 7) is 0. The molecule has 0 saturated carbocycles. The molecule has 3 nitrogen and oxygen atoms in total. The zero-order valence-electron chi connectivity index (χ0n) is 6.67. The van der Waals surface area contributed by atoms with Crippen LogP contribution in [0.3, 0.4) is 0 Å². The molecule has 0 aliphatic heterocycles. The number of hydrogen-bond acceptors (Lipinski definition) is 3. The molecule has 0 heterocycles. The van der Waals surface area contributed by atoms with Crippen LogP contribution in [0.5, 0.6) is 11.5 Å². The normalized spacial score (nSPS) is 9.77. The number of ether oxygens (including phenoxy) is 1. The quantitative estimate of drug-likeness (QED) is 0.816. The lowest BCUT2D eigenvalue weighted by atomic mass is 10.2. The van der Waals surface area contributed by atoms with Gasteiger partial charge in [0.25, 0.3) is 0 Å². The number of aldehydes is 1. The molecule has 0 bridgehead atoms. The van der Waals surface area contributed by atoms with Crippen molar-refractivity contribution in [2.45, 2.75) is 0 Å². The first-order valence-electron chi connectivity index (χ1n) is 3.32. The van der Waals surface area contributed by atoms with Crippen molar-refractivity contribution in [3.8, 4) is 11.5 Å². The largest absolute Gasteiger partial charge is 0.506 e. The molecular formula is C8H6BrFO3. The van der Waals surface area contributed by atoms with Crippen LogP contribution in [0.2, 0.25) is 0 Å². The van der Waals surface area contributed by atoms with Crippen molar-refractivity contribution in [2.24, 2.45) is 0 Å². The summed E-state index contributed by atoms with van der Waals surface area (Å²) >= 11 is 2.91. The lowest BCUT2D eigenvalue weighted by Crippen LogP contribution is -1.93. The van der Waals surface area contributed by atoms with Gasteiger partial charge in [-0.05, 0) is 22.0 Å². The molecule has 0 fully saturated rings. The first-order chi connectivity index (χ1) is 6.11. The van der Waals surface area contributed by atoms with Gasteiger partial charge < -0.3 is 9.84 Å². The highest BCUT2D eigenvalue weighted by atomic mass is 79.9. The third kappa shape index (κ3) is 1.65. The van der Waals surface area contributed by atoms with Gasteiger partial charge in [-0.25, -0.2) is 4.39 Å². The van der Waals surface area contributed by atoms with Crippen molar-refractivity contribution in [3.05, 3.63) is 21.9 Å². The van der Waals surface area contributed by atoms with E-state index in [-0.39, 0.29) is 21.5 Å². The Balaban J connectivity index is 3.45. The zero-order valence-corrected chi connectivity index (χ0v) is 8.26. The molecule has 0 saturated heterocycles. The highest BCUT2D eigenvalue weighted by Crippen LogP contribution is 2.37. The van der Waals surface area contributed by atoms with E-state index in [1.807, 2.05) is 0 Å². The summed E-state index contributed by atoms with van der Waals surface area (Å²) < 4.78 is 17.8. The minimum absolute atomic E-state index is 0.0390. The first-order valence-corrected chi connectivity index (χ1v) is 4.11. The first kappa shape index (κ1) is 9.98. The molecule has 0 aliphatic carbocycles. The molecule has 1 aromatic carbocycles. The van der Waals surface area contributed by atoms with Crippen molar-refractivity contribution >= 4 is 22.2 Å². The van der Waals surface area contributed by atoms with E-state index in [2.05, 4.69) is 20.7 Å². The van der Waals surface area contributed by atoms with Crippen LogP contribution in [-0.4, -0.2) is 18.5 Å². The maximum Gasteiger partial charge on any atom is 0.172 e. The van der Waals surface area contributed by atoms with Gasteiger partial charge in [0.05, 0.1) is 12.7 Å². The van der Waals surface area contributed by atoms with E-state index in [9.17, 15) is 14.3 Å². The minimum Gasteiger partial charge on any atom is -0.506 e. The number of hydrogen-bond donors (Lipinski definition) is 1. The Morgan fingerprint density at radius 1 is 1.69 bits per heavy atom. The second-order valence-electron chi connectivity index (χ2n) is 2.26. The number of aromatic hydroxyl groups is 1. The molecule has 0 aromatic heterocycles. The Hall–Kier alpha value is -1.10. The summed E-state index contributed by atoms with van der Waals surface area (Å²) in [6.07, 6.45) is 0.364. The third-order valence-electron chi connectivity index (χ3n) is 1.51. The van der Waals surface area contributed by atoms with E-state index in [1.165, 1.54) is 7.11 Å². The number of methoxy groups -OCH3 is 1. The smallest absolute Gasteiger partial charge is 0.172 e. The molecule has 0 radical (unpaired) electrons. The standard InChI is InChI=1S/C8H6BrFO3/c1-13-8-5(10)2-4(3-11)7(12)6(8)9/h2-3,12H,1H3. The van der Waals surface area contributed by atoms with Crippen LogP contribution in [-0.2, 0) is 0 Å². The highest BCUT2D eigenvalue weighted by molar-refractivity contribution is 9.10. The van der Waals surface area contributed by atoms with Gasteiger partial charge in [-0.2, -0.15) is 0 Å². The lowest BCUT2D eigenvalue weighted by molar-refractivity contribution is 0.112. The van der Waals surface area contributed by atoms with Gasteiger partial charge in [0, 0.05) is 0 Å². The molecule has 0 aliphatic rings. The molecule has 1 N–H and O–H groups in total. The van der Waals surface area contributed by atoms with Gasteiger partial charge in [-0.3, -0.25) is 4.79 Å². The summed E-state index contributed by atoms with van der Waals surface area (Å²) in [7, 11) is 1.27. The summed E-state index contributed by atoms with van der Waals surface area (Å²) in [5.74, 6) is -1.15. The molecule has 1 rings (SSSR count). The molecule has 1 aromatic rings. The molecule has 70 valence electrons. The number of phenols is 1. The number of benzene rings is 1. The van der Waals surface area contributed by atoms with Crippen LogP contribution in [0.1, 0.15) is 10.4 Å². The summed E-state index contributed by atoms with van der Waals surface area (Å²) in [5, 5.41) is 9.31. The Labute approximate surface area is 82.3 Å². The van der Waals surface area contributed by atoms with Gasteiger partial charge >= 0.3 is 0 Å². The fraction of sp³-hybridized carbons (Fsp3) is 0.125. The third-order valence-corrected chi connectivity index (χ3v) is 2.25. The number of rotatable bonds is 2. The molecule has 5 heteroatoms. The van der Waals surface area contributed by atoms with Crippen molar-refractivity contribution in [1.29, 1.82) is 0 Å². The second kappa shape index (κ2) is 3.74. The van der Waals surface area contributed by atoms with Crippen LogP contribution < -0.4 is 4.74 Å². The summed E-state index contributed by atoms with van der Waals surface area (Å²) in [5.41, 5.74) is -0.120. The fourth-order valence-corrected chi connectivity index (χ4v) is 1.47. The van der Waals surface area contributed by atoms with Crippen molar-refractivity contribution in [3.63, 3.8) is 0 Å². The van der Waals surface area contributed by atoms with E-state index in [0.29, 0.717) is 6.29 Å². The average molecular weight is 249 g/mol. The van der Waals surface area contributed by atoms with Crippen LogP contribution >= 0.6 is 15.9 Å². The topological polar surface area (TPSA) is 46.5 Å². The Bertz CT molecular complexity index is 352. The Morgan fingerprint density at radius 2 is 2.31 bits per heavy atom. The Morgan fingerprint density at radius 3 is 2.77 bits per heavy atom. The minimum atomic E-state index is -0.700. The van der Waals surface area contributed by atoms with Gasteiger partial charge in [-0.1, -0.05) is 0 Å². The van der Waals surface area contributed by atoms with E-state index >= 15 is 0 Å². The van der Waals surface area contributed by atoms with Crippen LogP contribution in [0.4, 0.5) is 4.39 Å². The zero-order chi connectivity index (χ0) is 10.0. The fourth-order valence-electron chi connectivity index (χ4n) is 0.886. The number of carbonyl (C=O) groups excluding carboxylic acids is 1. The van der Waals surface area contributed by atoms with Crippen molar-refractivity contribution < 1.29 is 19.0 Å². The van der Waals surface area contributed by atoms with Crippen LogP contribution in [0.25, 0.3) is 0 Å². The van der Waals surface area contributed by atoms with Crippen LogP contribution in [0, 0.1) is 5.82 Å². The molecule has 0 amide bonds. The van der Waals surface area contributed by atoms with E-state index in [1.54, 1.807) is 0 Å². The number of carbonyl (C=O) groups is 1. The average Bonchev–Trinajstić information content (AvgIpc) is 2.12. The predicted molar refractivity (Wildman–Crippen MR) is 47.7 cm³/mol. The summed E-state index contributed by atoms with van der Waals surface area (Å²) in [4.78, 5) is 10.3. The lowest BCUT2D eigenvalue weighted by Gasteiger charge is -2.07. The second-order valence-corrected chi connectivity index (χ2v) is 3.05. The molecule has 0 spiro atoms. The van der Waals surface area contributed by atoms with E-state index < -0.39 is 5.82 Å². The maximum absolute atomic E-state index is 13.1. The van der Waals surface area contributed by atoms with Gasteiger partial charge in [0.1, 0.15) is 10.2 Å². The molecular weight excluding hydrogens is 243 g/mol. The van der Waals surface area contributed by atoms with Gasteiger partial charge in [0.15, 0.2) is 17.9 Å². The van der Waals surface area contributed by atoms with Gasteiger partial charge in [-0.15, -0.1) is 0 Å². The van der Waals surface area contributed by atoms with Crippen LogP contribution in [0.15, 0.2) is 10.5 Å². The summed E-state index contributed by atoms with van der Waals surface area (Å²) in [6, 6.07) is 0.909. The van der Waals surface area contributed by atoms with Crippen molar-refractivity contribution in [1.82, 2.24) is 0 Å². The predicted octanol–water partition coefficient (Wildman–Crippen LogP) is 2.11. The van der Waals surface area contributed by atoms with E-state index in [0.717, 1.165) is 6.07 Å².